The van der Waals surface area contributed by atoms with Crippen molar-refractivity contribution in [3.63, 3.8) is 0 Å². The number of rotatable bonds is 2. The van der Waals surface area contributed by atoms with E-state index in [1.54, 1.807) is 0 Å². The average molecular weight is 327 g/mol. The van der Waals surface area contributed by atoms with E-state index in [2.05, 4.69) is 10.3 Å². The fraction of sp³-hybridized carbons (Fsp3) is 0.429. The molecule has 1 N–H and O–H groups in total. The summed E-state index contributed by atoms with van der Waals surface area (Å²) in [5, 5.41) is 3.60. The smallest absolute Gasteiger partial charge is 0.264 e. The zero-order chi connectivity index (χ0) is 13.9. The highest BCUT2D eigenvalue weighted by molar-refractivity contribution is 8.18. The Morgan fingerprint density at radius 2 is 2.10 bits per heavy atom. The second-order valence-electron chi connectivity index (χ2n) is 4.93. The first-order valence-corrected chi connectivity index (χ1v) is 8.76. The molecule has 106 valence electrons. The summed E-state index contributed by atoms with van der Waals surface area (Å²) in [7, 11) is 0. The van der Waals surface area contributed by atoms with Crippen LogP contribution in [0, 0.1) is 0 Å². The summed E-state index contributed by atoms with van der Waals surface area (Å²) >= 11 is 8.80. The molecule has 0 atom stereocenters. The predicted molar refractivity (Wildman–Crippen MR) is 87.3 cm³/mol. The minimum absolute atomic E-state index is 0.0610. The van der Waals surface area contributed by atoms with Gasteiger partial charge >= 0.3 is 0 Å². The van der Waals surface area contributed by atoms with Crippen molar-refractivity contribution < 1.29 is 4.79 Å². The number of carbonyl (C=O) groups is 1. The van der Waals surface area contributed by atoms with Gasteiger partial charge in [0.2, 0.25) is 0 Å². The minimum atomic E-state index is -0.0610. The lowest BCUT2D eigenvalue weighted by molar-refractivity contribution is -0.115. The number of aliphatic imine (C=N–C) groups is 1. The molecule has 6 heteroatoms. The molecular formula is C14H15ClN2OS2. The molecule has 2 aliphatic rings. The molecule has 20 heavy (non-hydrogen) atoms. The Labute approximate surface area is 131 Å². The quantitative estimate of drug-likeness (QED) is 0.823. The molecule has 1 aliphatic heterocycles. The third-order valence-corrected chi connectivity index (χ3v) is 5.49. The van der Waals surface area contributed by atoms with Crippen LogP contribution >= 0.6 is 34.7 Å². The summed E-state index contributed by atoms with van der Waals surface area (Å²) in [4.78, 5) is 18.3. The van der Waals surface area contributed by atoms with E-state index in [0.29, 0.717) is 10.9 Å². The minimum Gasteiger partial charge on any atom is -0.301 e. The lowest BCUT2D eigenvalue weighted by Gasteiger charge is -2.17. The van der Waals surface area contributed by atoms with Crippen molar-refractivity contribution >= 4 is 51.9 Å². The van der Waals surface area contributed by atoms with Gasteiger partial charge in [-0.15, -0.1) is 11.3 Å². The normalized spacial score (nSPS) is 24.6. The van der Waals surface area contributed by atoms with E-state index < -0.39 is 0 Å². The molecule has 2 heterocycles. The molecule has 0 unspecified atom stereocenters. The van der Waals surface area contributed by atoms with E-state index in [1.165, 1.54) is 42.4 Å². The number of thiophene rings is 1. The van der Waals surface area contributed by atoms with E-state index in [0.717, 1.165) is 27.2 Å². The van der Waals surface area contributed by atoms with Crippen molar-refractivity contribution in [1.29, 1.82) is 0 Å². The van der Waals surface area contributed by atoms with Crippen molar-refractivity contribution in [1.82, 2.24) is 5.32 Å². The van der Waals surface area contributed by atoms with Crippen LogP contribution in [0.2, 0.25) is 4.34 Å². The second kappa shape index (κ2) is 6.33. The van der Waals surface area contributed by atoms with Gasteiger partial charge in [-0.3, -0.25) is 9.79 Å². The van der Waals surface area contributed by atoms with E-state index in [-0.39, 0.29) is 5.91 Å². The largest absolute Gasteiger partial charge is 0.301 e. The van der Waals surface area contributed by atoms with Crippen LogP contribution in [0.5, 0.6) is 0 Å². The van der Waals surface area contributed by atoms with Crippen LogP contribution in [-0.2, 0) is 4.79 Å². The number of halogens is 1. The van der Waals surface area contributed by atoms with Crippen LogP contribution in [0.1, 0.15) is 37.0 Å². The van der Waals surface area contributed by atoms with E-state index in [4.69, 9.17) is 11.6 Å². The number of hydrogen-bond donors (Lipinski definition) is 1. The van der Waals surface area contributed by atoms with Crippen LogP contribution in [0.3, 0.4) is 0 Å². The lowest BCUT2D eigenvalue weighted by Crippen LogP contribution is -2.22. The summed E-state index contributed by atoms with van der Waals surface area (Å²) in [6, 6.07) is 4.14. The van der Waals surface area contributed by atoms with Crippen molar-refractivity contribution in [2.75, 3.05) is 0 Å². The molecule has 0 radical (unpaired) electrons. The van der Waals surface area contributed by atoms with Crippen LogP contribution in [0.25, 0.3) is 6.08 Å². The van der Waals surface area contributed by atoms with Crippen molar-refractivity contribution in [2.24, 2.45) is 4.99 Å². The first-order valence-electron chi connectivity index (χ1n) is 6.75. The summed E-state index contributed by atoms with van der Waals surface area (Å²) in [5.74, 6) is -0.0610. The predicted octanol–water partition coefficient (Wildman–Crippen LogP) is 4.29. The first kappa shape index (κ1) is 14.2. The molecule has 1 aromatic heterocycles. The number of nitrogens with one attached hydrogen (secondary N) is 1. The van der Waals surface area contributed by atoms with Gasteiger partial charge < -0.3 is 5.32 Å². The van der Waals surface area contributed by atoms with Gasteiger partial charge in [-0.05, 0) is 42.8 Å². The van der Waals surface area contributed by atoms with Crippen molar-refractivity contribution in [3.05, 3.63) is 26.3 Å². The molecule has 1 saturated heterocycles. The molecule has 2 fully saturated rings. The maximum atomic E-state index is 11.9. The Hall–Kier alpha value is -0.780. The van der Waals surface area contributed by atoms with E-state index in [1.807, 2.05) is 18.2 Å². The number of amides is 1. The Balaban J connectivity index is 1.71. The standard InChI is InChI=1S/C14H15ClN2OS2/c15-12-7-6-10(19-12)8-11-13(18)17-14(20-11)16-9-4-2-1-3-5-9/h6-9H,1-5H2,(H,16,17,18)/b11-8+. The molecular weight excluding hydrogens is 312 g/mol. The molecule has 1 saturated carbocycles. The van der Waals surface area contributed by atoms with Crippen LogP contribution in [0.4, 0.5) is 0 Å². The highest BCUT2D eigenvalue weighted by atomic mass is 35.5. The molecule has 0 spiro atoms. The zero-order valence-corrected chi connectivity index (χ0v) is 13.3. The highest BCUT2D eigenvalue weighted by Crippen LogP contribution is 2.31. The van der Waals surface area contributed by atoms with Gasteiger partial charge in [0, 0.05) is 4.88 Å². The number of thioether (sulfide) groups is 1. The summed E-state index contributed by atoms with van der Waals surface area (Å²) in [6.45, 7) is 0. The van der Waals surface area contributed by atoms with Crippen LogP contribution in [0.15, 0.2) is 22.0 Å². The van der Waals surface area contributed by atoms with Gasteiger partial charge in [0.15, 0.2) is 5.17 Å². The van der Waals surface area contributed by atoms with Gasteiger partial charge in [-0.25, -0.2) is 0 Å². The van der Waals surface area contributed by atoms with Crippen LogP contribution in [-0.4, -0.2) is 17.1 Å². The van der Waals surface area contributed by atoms with Crippen LogP contribution < -0.4 is 5.32 Å². The fourth-order valence-corrected chi connectivity index (χ4v) is 4.36. The maximum Gasteiger partial charge on any atom is 0.264 e. The van der Waals surface area contributed by atoms with Gasteiger partial charge in [-0.1, -0.05) is 30.9 Å². The molecule has 1 aliphatic carbocycles. The Kier molecular flexibility index (Phi) is 4.48. The molecule has 1 aromatic rings. The molecule has 3 nitrogen and oxygen atoms in total. The summed E-state index contributed by atoms with van der Waals surface area (Å²) in [5.41, 5.74) is 0. The zero-order valence-electron chi connectivity index (χ0n) is 10.9. The third-order valence-electron chi connectivity index (χ3n) is 3.39. The van der Waals surface area contributed by atoms with Gasteiger partial charge in [0.1, 0.15) is 0 Å². The summed E-state index contributed by atoms with van der Waals surface area (Å²) < 4.78 is 0.733. The van der Waals surface area contributed by atoms with Gasteiger partial charge in [0.25, 0.3) is 5.91 Å². The number of amidine groups is 1. The SMILES string of the molecule is O=C1NC(=NC2CCCCC2)S/C1=C/c1ccc(Cl)s1. The fourth-order valence-electron chi connectivity index (χ4n) is 2.40. The molecule has 1 amide bonds. The van der Waals surface area contributed by atoms with Crippen molar-refractivity contribution in [3.8, 4) is 0 Å². The average Bonchev–Trinajstić information content (AvgIpc) is 2.98. The Morgan fingerprint density at radius 1 is 1.30 bits per heavy atom. The Bertz CT molecular complexity index is 573. The van der Waals surface area contributed by atoms with E-state index in [9.17, 15) is 4.79 Å². The number of nitrogens with zero attached hydrogens (tertiary/aromatic N) is 1. The van der Waals surface area contributed by atoms with E-state index >= 15 is 0 Å². The highest BCUT2D eigenvalue weighted by Gasteiger charge is 2.25. The summed E-state index contributed by atoms with van der Waals surface area (Å²) in [6.07, 6.45) is 7.96. The molecule has 0 bridgehead atoms. The number of hydrogen-bond acceptors (Lipinski definition) is 4. The Morgan fingerprint density at radius 3 is 2.80 bits per heavy atom. The molecule has 0 aromatic carbocycles. The first-order chi connectivity index (χ1) is 9.70. The third kappa shape index (κ3) is 3.45. The second-order valence-corrected chi connectivity index (χ2v) is 7.71. The topological polar surface area (TPSA) is 41.5 Å². The monoisotopic (exact) mass is 326 g/mol. The lowest BCUT2D eigenvalue weighted by atomic mass is 9.96. The maximum absolute atomic E-state index is 11.9. The van der Waals surface area contributed by atoms with Gasteiger partial charge in [-0.2, -0.15) is 0 Å². The number of carbonyl (C=O) groups excluding carboxylic acids is 1. The molecule has 3 rings (SSSR count). The van der Waals surface area contributed by atoms with Crippen molar-refractivity contribution in [2.45, 2.75) is 38.1 Å². The van der Waals surface area contributed by atoms with Gasteiger partial charge in [0.05, 0.1) is 15.3 Å².